The van der Waals surface area contributed by atoms with Crippen molar-refractivity contribution in [3.05, 3.63) is 47.4 Å². The van der Waals surface area contributed by atoms with E-state index in [9.17, 15) is 0 Å². The number of nitrogen functional groups attached to an aromatic ring is 1. The molecule has 0 spiro atoms. The Morgan fingerprint density at radius 2 is 2.20 bits per heavy atom. The molecule has 0 aliphatic carbocycles. The molecule has 3 N–H and O–H groups in total. The quantitative estimate of drug-likeness (QED) is 0.659. The van der Waals surface area contributed by atoms with Crippen LogP contribution in [0, 0.1) is 0 Å². The summed E-state index contributed by atoms with van der Waals surface area (Å²) in [4.78, 5) is 9.08. The zero-order valence-corrected chi connectivity index (χ0v) is 11.5. The first-order valence-corrected chi connectivity index (χ1v) is 6.85. The first-order chi connectivity index (χ1) is 9.80. The minimum Gasteiger partial charge on any atom is -0.493 e. The summed E-state index contributed by atoms with van der Waals surface area (Å²) in [6.45, 7) is 2.67. The van der Waals surface area contributed by atoms with Crippen molar-refractivity contribution in [3.8, 4) is 5.75 Å². The van der Waals surface area contributed by atoms with Crippen molar-refractivity contribution in [2.75, 3.05) is 12.0 Å². The van der Waals surface area contributed by atoms with Crippen LogP contribution in [0.4, 0.5) is 5.82 Å². The van der Waals surface area contributed by atoms with Crippen molar-refractivity contribution < 1.29 is 4.74 Å². The summed E-state index contributed by atoms with van der Waals surface area (Å²) in [7, 11) is 0. The molecule has 1 atom stereocenters. The van der Waals surface area contributed by atoms with Crippen LogP contribution in [0.2, 0.25) is 0 Å². The van der Waals surface area contributed by atoms with Gasteiger partial charge in [0.25, 0.3) is 0 Å². The molecule has 0 fully saturated rings. The van der Waals surface area contributed by atoms with Crippen LogP contribution in [0.3, 0.4) is 0 Å². The number of benzene rings is 1. The number of hydrazine groups is 1. The predicted octanol–water partition coefficient (Wildman–Crippen LogP) is 2.04. The highest BCUT2D eigenvalue weighted by Gasteiger charge is 2.24. The number of anilines is 1. The Labute approximate surface area is 118 Å². The predicted molar refractivity (Wildman–Crippen MR) is 77.6 cm³/mol. The molecule has 1 aliphatic rings. The first kappa shape index (κ1) is 12.9. The topological polar surface area (TPSA) is 73.1 Å². The van der Waals surface area contributed by atoms with Crippen LogP contribution >= 0.6 is 0 Å². The lowest BCUT2D eigenvalue weighted by molar-refractivity contribution is 0.257. The van der Waals surface area contributed by atoms with Crippen LogP contribution in [0.25, 0.3) is 0 Å². The minimum absolute atomic E-state index is 0.170. The van der Waals surface area contributed by atoms with E-state index in [-0.39, 0.29) is 5.92 Å². The number of hydrogen-bond donors (Lipinski definition) is 2. The van der Waals surface area contributed by atoms with Gasteiger partial charge in [0.15, 0.2) is 0 Å². The van der Waals surface area contributed by atoms with E-state index in [0.717, 1.165) is 30.1 Å². The largest absolute Gasteiger partial charge is 0.493 e. The second kappa shape index (κ2) is 5.46. The zero-order valence-electron chi connectivity index (χ0n) is 11.5. The Morgan fingerprint density at radius 1 is 1.35 bits per heavy atom. The third kappa shape index (κ3) is 2.44. The average Bonchev–Trinajstić information content (AvgIpc) is 2.53. The number of nitrogens with one attached hydrogen (secondary N) is 1. The highest BCUT2D eigenvalue weighted by Crippen LogP contribution is 2.31. The van der Waals surface area contributed by atoms with Gasteiger partial charge >= 0.3 is 0 Å². The highest BCUT2D eigenvalue weighted by atomic mass is 16.5. The summed E-state index contributed by atoms with van der Waals surface area (Å²) in [6.07, 6.45) is 1.75. The van der Waals surface area contributed by atoms with E-state index in [2.05, 4.69) is 28.4 Å². The Morgan fingerprint density at radius 3 is 3.00 bits per heavy atom. The number of hydrogen-bond acceptors (Lipinski definition) is 5. The van der Waals surface area contributed by atoms with Crippen molar-refractivity contribution in [1.29, 1.82) is 0 Å². The molecule has 2 aromatic rings. The molecule has 3 rings (SSSR count). The van der Waals surface area contributed by atoms with Gasteiger partial charge in [-0.05, 0) is 24.5 Å². The molecule has 0 bridgehead atoms. The smallest absolute Gasteiger partial charge is 0.143 e. The van der Waals surface area contributed by atoms with Gasteiger partial charge in [-0.2, -0.15) is 0 Å². The van der Waals surface area contributed by atoms with Gasteiger partial charge < -0.3 is 10.2 Å². The van der Waals surface area contributed by atoms with Crippen LogP contribution < -0.4 is 16.0 Å². The third-order valence-corrected chi connectivity index (χ3v) is 3.55. The van der Waals surface area contributed by atoms with E-state index in [1.165, 1.54) is 5.56 Å². The summed E-state index contributed by atoms with van der Waals surface area (Å²) in [5, 5.41) is 0. The van der Waals surface area contributed by atoms with E-state index < -0.39 is 0 Å². The standard InChI is InChI=1S/C15H18N4O/c1-2-12-8-14(19-16)18-15(17-12)11-7-10-5-3-4-6-13(10)20-9-11/h3-6,8,11H,2,7,9,16H2,1H3,(H,17,18,19). The molecule has 2 heterocycles. The van der Waals surface area contributed by atoms with Crippen molar-refractivity contribution in [2.24, 2.45) is 5.84 Å². The van der Waals surface area contributed by atoms with Gasteiger partial charge in [0.1, 0.15) is 17.4 Å². The van der Waals surface area contributed by atoms with Crippen LogP contribution in [0.5, 0.6) is 5.75 Å². The Kier molecular flexibility index (Phi) is 3.52. The normalized spacial score (nSPS) is 17.2. The molecule has 0 amide bonds. The van der Waals surface area contributed by atoms with E-state index >= 15 is 0 Å². The van der Waals surface area contributed by atoms with Gasteiger partial charge in [0.2, 0.25) is 0 Å². The molecule has 0 radical (unpaired) electrons. The van der Waals surface area contributed by atoms with Gasteiger partial charge in [0.05, 0.1) is 12.5 Å². The van der Waals surface area contributed by atoms with Crippen LogP contribution in [-0.2, 0) is 12.8 Å². The van der Waals surface area contributed by atoms with Crippen LogP contribution in [-0.4, -0.2) is 16.6 Å². The van der Waals surface area contributed by atoms with E-state index in [0.29, 0.717) is 12.4 Å². The van der Waals surface area contributed by atoms with Gasteiger partial charge in [-0.25, -0.2) is 15.8 Å². The SMILES string of the molecule is CCc1cc(NN)nc(C2COc3ccccc3C2)n1. The number of ether oxygens (including phenoxy) is 1. The third-order valence-electron chi connectivity index (χ3n) is 3.55. The fraction of sp³-hybridized carbons (Fsp3) is 0.333. The Balaban J connectivity index is 1.91. The Bertz CT molecular complexity index is 592. The van der Waals surface area contributed by atoms with Crippen molar-refractivity contribution in [1.82, 2.24) is 9.97 Å². The molecular weight excluding hydrogens is 252 g/mol. The minimum atomic E-state index is 0.170. The Hall–Kier alpha value is -2.14. The zero-order chi connectivity index (χ0) is 13.9. The molecule has 1 aromatic carbocycles. The molecule has 0 saturated heterocycles. The number of nitrogens with zero attached hydrogens (tertiary/aromatic N) is 2. The fourth-order valence-electron chi connectivity index (χ4n) is 2.45. The van der Waals surface area contributed by atoms with Crippen LogP contribution in [0.15, 0.2) is 30.3 Å². The van der Waals surface area contributed by atoms with E-state index in [1.807, 2.05) is 24.3 Å². The molecule has 1 unspecified atom stereocenters. The molecule has 5 nitrogen and oxygen atoms in total. The number of nitrogens with two attached hydrogens (primary N) is 1. The molecule has 20 heavy (non-hydrogen) atoms. The average molecular weight is 270 g/mol. The highest BCUT2D eigenvalue weighted by molar-refractivity contribution is 5.38. The molecular formula is C15H18N4O. The summed E-state index contributed by atoms with van der Waals surface area (Å²) < 4.78 is 5.81. The number of para-hydroxylation sites is 1. The van der Waals surface area contributed by atoms with E-state index in [4.69, 9.17) is 10.6 Å². The number of aromatic nitrogens is 2. The van der Waals surface area contributed by atoms with Gasteiger partial charge in [0, 0.05) is 11.8 Å². The van der Waals surface area contributed by atoms with Gasteiger partial charge in [-0.1, -0.05) is 25.1 Å². The summed E-state index contributed by atoms with van der Waals surface area (Å²) in [5.74, 6) is 8.07. The second-order valence-electron chi connectivity index (χ2n) is 4.92. The molecule has 1 aromatic heterocycles. The fourth-order valence-corrected chi connectivity index (χ4v) is 2.45. The summed E-state index contributed by atoms with van der Waals surface area (Å²) in [6, 6.07) is 9.99. The monoisotopic (exact) mass is 270 g/mol. The van der Waals surface area contributed by atoms with Crippen molar-refractivity contribution in [3.63, 3.8) is 0 Å². The maximum atomic E-state index is 5.81. The molecule has 5 heteroatoms. The number of aryl methyl sites for hydroxylation is 1. The van der Waals surface area contributed by atoms with Crippen molar-refractivity contribution >= 4 is 5.82 Å². The van der Waals surface area contributed by atoms with Gasteiger partial charge in [-0.3, -0.25) is 0 Å². The lowest BCUT2D eigenvalue weighted by Crippen LogP contribution is -2.22. The second-order valence-corrected chi connectivity index (χ2v) is 4.92. The maximum absolute atomic E-state index is 5.81. The lowest BCUT2D eigenvalue weighted by Gasteiger charge is -2.24. The van der Waals surface area contributed by atoms with E-state index in [1.54, 1.807) is 0 Å². The van der Waals surface area contributed by atoms with Gasteiger partial charge in [-0.15, -0.1) is 0 Å². The van der Waals surface area contributed by atoms with Crippen molar-refractivity contribution in [2.45, 2.75) is 25.7 Å². The number of rotatable bonds is 3. The maximum Gasteiger partial charge on any atom is 0.143 e. The molecule has 0 saturated carbocycles. The van der Waals surface area contributed by atoms with Crippen LogP contribution in [0.1, 0.15) is 29.9 Å². The first-order valence-electron chi connectivity index (χ1n) is 6.85. The summed E-state index contributed by atoms with van der Waals surface area (Å²) >= 11 is 0. The molecule has 104 valence electrons. The molecule has 1 aliphatic heterocycles. The lowest BCUT2D eigenvalue weighted by atomic mass is 9.96. The number of fused-ring (bicyclic) bond motifs is 1. The summed E-state index contributed by atoms with van der Waals surface area (Å²) in [5.41, 5.74) is 4.80.